The van der Waals surface area contributed by atoms with Gasteiger partial charge in [0.2, 0.25) is 35.4 Å². The van der Waals surface area contributed by atoms with Crippen molar-refractivity contribution in [3.63, 3.8) is 0 Å². The number of thioether (sulfide) groups is 1. The molecule has 0 spiro atoms. The summed E-state index contributed by atoms with van der Waals surface area (Å²) in [6.45, 7) is 3.60. The number of benzene rings is 1. The van der Waals surface area contributed by atoms with E-state index in [2.05, 4.69) is 41.9 Å². The first-order valence-corrected chi connectivity index (χ1v) is 19.5. The van der Waals surface area contributed by atoms with Crippen molar-refractivity contribution in [2.45, 2.75) is 95.2 Å². The Bertz CT molecular complexity index is 1660. The van der Waals surface area contributed by atoms with Crippen LogP contribution in [0.15, 0.2) is 42.9 Å². The fraction of sp³-hybridized carbons (Fsp3) is 0.528. The van der Waals surface area contributed by atoms with Crippen LogP contribution >= 0.6 is 11.8 Å². The second kappa shape index (κ2) is 24.2. The van der Waals surface area contributed by atoms with Gasteiger partial charge in [-0.3, -0.25) is 33.6 Å². The number of carbonyl (C=O) groups is 8. The maximum Gasteiger partial charge on any atom is 0.326 e. The van der Waals surface area contributed by atoms with Gasteiger partial charge in [-0.2, -0.15) is 11.8 Å². The molecule has 0 aliphatic heterocycles. The van der Waals surface area contributed by atoms with E-state index in [0.29, 0.717) is 17.0 Å². The highest BCUT2D eigenvalue weighted by Crippen LogP contribution is 2.10. The van der Waals surface area contributed by atoms with Gasteiger partial charge in [-0.15, -0.1) is 0 Å². The molecule has 0 aliphatic rings. The Morgan fingerprint density at radius 3 is 1.72 bits per heavy atom. The largest absolute Gasteiger partial charge is 0.481 e. The second-order valence-electron chi connectivity index (χ2n) is 13.5. The van der Waals surface area contributed by atoms with Crippen molar-refractivity contribution >= 4 is 59.1 Å². The standard InChI is InChI=1S/C36H53N9O11S/c1-19(2)29(36(55)56)45-35(54)27(17-46)44-34(53)26(15-22-16-38-18-39-22)43-32(51)24(12-13-57-4)41-33(52)25(14-21-8-6-5-7-9-21)42-31(50)23(10-11-28(47)48)40-30(49)20(3)37/h5-9,16,18-20,23-27,29,46H,10-15,17,37H2,1-4H3,(H,38,39)(H,40,49)(H,41,52)(H,42,50)(H,43,51)(H,44,53)(H,45,54)(H,47,48)(H,55,56)/t20-,23-,24-,25-,26-,27-,29-/m0/s1. The van der Waals surface area contributed by atoms with Crippen LogP contribution in [0.5, 0.6) is 0 Å². The molecule has 0 bridgehead atoms. The second-order valence-corrected chi connectivity index (χ2v) is 14.5. The van der Waals surface area contributed by atoms with Crippen LogP contribution in [0.25, 0.3) is 0 Å². The number of aliphatic hydroxyl groups is 1. The monoisotopic (exact) mass is 819 g/mol. The van der Waals surface area contributed by atoms with Crippen molar-refractivity contribution in [3.8, 4) is 0 Å². The number of aromatic amines is 1. The zero-order valence-electron chi connectivity index (χ0n) is 32.2. The number of carboxylic acids is 2. The number of imidazole rings is 1. The predicted molar refractivity (Wildman–Crippen MR) is 207 cm³/mol. The van der Waals surface area contributed by atoms with E-state index in [1.165, 1.54) is 31.2 Å². The summed E-state index contributed by atoms with van der Waals surface area (Å²) in [4.78, 5) is 110. The number of aromatic nitrogens is 2. The van der Waals surface area contributed by atoms with Gasteiger partial charge in [0.15, 0.2) is 0 Å². The molecule has 12 N–H and O–H groups in total. The maximum atomic E-state index is 14.0. The third-order valence-electron chi connectivity index (χ3n) is 8.51. The van der Waals surface area contributed by atoms with E-state index in [1.807, 2.05) is 0 Å². The van der Waals surface area contributed by atoms with E-state index < -0.39 is 109 Å². The maximum absolute atomic E-state index is 14.0. The molecule has 20 nitrogen and oxygen atoms in total. The average Bonchev–Trinajstić information content (AvgIpc) is 3.68. The molecule has 7 atom stereocenters. The Kier molecular flexibility index (Phi) is 20.2. The number of nitrogens with two attached hydrogens (primary N) is 1. The number of amides is 6. The van der Waals surface area contributed by atoms with E-state index in [9.17, 15) is 53.7 Å². The van der Waals surface area contributed by atoms with Crippen LogP contribution in [0.4, 0.5) is 0 Å². The van der Waals surface area contributed by atoms with E-state index >= 15 is 0 Å². The van der Waals surface area contributed by atoms with Gasteiger partial charge >= 0.3 is 11.9 Å². The minimum absolute atomic E-state index is 0.0578. The first-order chi connectivity index (χ1) is 27.0. The van der Waals surface area contributed by atoms with E-state index in [4.69, 9.17) is 5.73 Å². The summed E-state index contributed by atoms with van der Waals surface area (Å²) < 4.78 is 0. The van der Waals surface area contributed by atoms with E-state index in [1.54, 1.807) is 50.4 Å². The number of H-pyrrole nitrogens is 1. The van der Waals surface area contributed by atoms with Gasteiger partial charge in [0, 0.05) is 31.2 Å². The van der Waals surface area contributed by atoms with Crippen molar-refractivity contribution in [1.29, 1.82) is 0 Å². The molecule has 0 aliphatic carbocycles. The predicted octanol–water partition coefficient (Wildman–Crippen LogP) is -2.20. The van der Waals surface area contributed by atoms with Gasteiger partial charge in [0.05, 0.1) is 19.0 Å². The normalized spacial score (nSPS) is 14.7. The molecule has 2 rings (SSSR count). The van der Waals surface area contributed by atoms with Crippen LogP contribution in [-0.4, -0.2) is 134 Å². The van der Waals surface area contributed by atoms with Crippen molar-refractivity contribution in [3.05, 3.63) is 54.1 Å². The van der Waals surface area contributed by atoms with Crippen molar-refractivity contribution in [2.75, 3.05) is 18.6 Å². The molecule has 2 aromatic rings. The molecule has 57 heavy (non-hydrogen) atoms. The third-order valence-corrected chi connectivity index (χ3v) is 9.15. The van der Waals surface area contributed by atoms with Crippen molar-refractivity contribution < 1.29 is 53.7 Å². The SMILES string of the molecule is CSCC[C@H](NC(=O)[C@H](Cc1ccccc1)NC(=O)[C@H](CCC(=O)O)NC(=O)[C@H](C)N)C(=O)N[C@@H](Cc1cnc[nH]1)C(=O)N[C@@H](CO)C(=O)N[C@H](C(=O)O)C(C)C. The lowest BCUT2D eigenvalue weighted by Crippen LogP contribution is -2.61. The average molecular weight is 820 g/mol. The molecule has 1 aromatic carbocycles. The molecule has 0 unspecified atom stereocenters. The molecule has 0 saturated carbocycles. The van der Waals surface area contributed by atoms with Crippen LogP contribution in [0.1, 0.15) is 51.3 Å². The lowest BCUT2D eigenvalue weighted by Gasteiger charge is -2.27. The van der Waals surface area contributed by atoms with Gasteiger partial charge in [-0.25, -0.2) is 9.78 Å². The van der Waals surface area contributed by atoms with Crippen LogP contribution < -0.4 is 37.6 Å². The summed E-state index contributed by atoms with van der Waals surface area (Å²) in [5, 5.41) is 43.5. The van der Waals surface area contributed by atoms with E-state index in [0.717, 1.165) is 0 Å². The molecule has 0 fully saturated rings. The summed E-state index contributed by atoms with van der Waals surface area (Å²) in [5.41, 5.74) is 6.66. The van der Waals surface area contributed by atoms with Gasteiger partial charge < -0.3 is 57.9 Å². The summed E-state index contributed by atoms with van der Waals surface area (Å²) >= 11 is 1.36. The zero-order valence-corrected chi connectivity index (χ0v) is 33.0. The molecule has 0 saturated heterocycles. The van der Waals surface area contributed by atoms with Crippen LogP contribution in [0.2, 0.25) is 0 Å². The fourth-order valence-electron chi connectivity index (χ4n) is 5.28. The number of hydrogen-bond acceptors (Lipinski definition) is 12. The van der Waals surface area contributed by atoms with Gasteiger partial charge in [-0.05, 0) is 43.3 Å². The first-order valence-electron chi connectivity index (χ1n) is 18.1. The number of hydrogen-bond donors (Lipinski definition) is 11. The number of carbonyl (C=O) groups excluding carboxylic acids is 6. The number of aliphatic carboxylic acids is 2. The number of aliphatic hydroxyl groups excluding tert-OH is 1. The molecule has 314 valence electrons. The molecule has 1 aromatic heterocycles. The quantitative estimate of drug-likeness (QED) is 0.0507. The van der Waals surface area contributed by atoms with Gasteiger partial charge in [0.1, 0.15) is 36.3 Å². The number of rotatable bonds is 25. The number of carboxylic acid groups (broad SMARTS) is 2. The first kappa shape index (κ1) is 47.6. The van der Waals surface area contributed by atoms with Crippen LogP contribution in [0, 0.1) is 5.92 Å². The molecular formula is C36H53N9O11S. The highest BCUT2D eigenvalue weighted by atomic mass is 32.2. The van der Waals surface area contributed by atoms with Gasteiger partial charge in [0.25, 0.3) is 0 Å². The minimum Gasteiger partial charge on any atom is -0.481 e. The summed E-state index contributed by atoms with van der Waals surface area (Å²) in [7, 11) is 0. The van der Waals surface area contributed by atoms with Gasteiger partial charge in [-0.1, -0.05) is 44.2 Å². The highest BCUT2D eigenvalue weighted by molar-refractivity contribution is 7.98. The Morgan fingerprint density at radius 2 is 1.23 bits per heavy atom. The summed E-state index contributed by atoms with van der Waals surface area (Å²) in [6.07, 6.45) is 3.51. The lowest BCUT2D eigenvalue weighted by molar-refractivity contribution is -0.144. The van der Waals surface area contributed by atoms with Crippen molar-refractivity contribution in [1.82, 2.24) is 41.9 Å². The molecule has 6 amide bonds. The number of nitrogens with zero attached hydrogens (tertiary/aromatic N) is 1. The summed E-state index contributed by atoms with van der Waals surface area (Å²) in [5.74, 6) is -7.83. The molecule has 21 heteroatoms. The fourth-order valence-corrected chi connectivity index (χ4v) is 5.75. The topological polar surface area (TPSA) is 324 Å². The lowest BCUT2D eigenvalue weighted by atomic mass is 10.0. The number of nitrogens with one attached hydrogen (secondary N) is 7. The van der Waals surface area contributed by atoms with E-state index in [-0.39, 0.29) is 25.7 Å². The van der Waals surface area contributed by atoms with Crippen LogP contribution in [0.3, 0.4) is 0 Å². The molecule has 0 radical (unpaired) electrons. The minimum atomic E-state index is -1.59. The summed E-state index contributed by atoms with van der Waals surface area (Å²) in [6, 6.07) is -0.747. The Hall–Kier alpha value is -5.54. The Morgan fingerprint density at radius 1 is 0.719 bits per heavy atom. The Labute approximate surface area is 333 Å². The molecule has 1 heterocycles. The smallest absolute Gasteiger partial charge is 0.326 e. The third kappa shape index (κ3) is 16.6. The Balaban J connectivity index is 2.38. The zero-order chi connectivity index (χ0) is 42.7. The van der Waals surface area contributed by atoms with Crippen molar-refractivity contribution in [2.24, 2.45) is 11.7 Å². The highest BCUT2D eigenvalue weighted by Gasteiger charge is 2.34. The molecular weight excluding hydrogens is 767 g/mol. The van der Waals surface area contributed by atoms with Crippen LogP contribution in [-0.2, 0) is 51.2 Å².